The lowest BCUT2D eigenvalue weighted by molar-refractivity contribution is -0.141. The summed E-state index contributed by atoms with van der Waals surface area (Å²) in [4.78, 5) is 22.7. The van der Waals surface area contributed by atoms with Crippen LogP contribution in [0.1, 0.15) is 13.8 Å². The molecule has 0 spiro atoms. The lowest BCUT2D eigenvalue weighted by Gasteiger charge is -2.18. The van der Waals surface area contributed by atoms with E-state index in [0.717, 1.165) is 21.5 Å². The molecule has 0 amide bonds. The highest BCUT2D eigenvalue weighted by Crippen LogP contribution is 2.43. The third kappa shape index (κ3) is 11.3. The third-order valence-corrected chi connectivity index (χ3v) is 6.15. The van der Waals surface area contributed by atoms with Crippen molar-refractivity contribution in [2.24, 2.45) is 0 Å². The van der Waals surface area contributed by atoms with Gasteiger partial charge in [0.25, 0.3) is 0 Å². The van der Waals surface area contributed by atoms with Crippen molar-refractivity contribution in [3.05, 3.63) is 72.8 Å². The fraction of sp³-hybridized carbons (Fsp3) is 0.412. The first-order valence-corrected chi connectivity index (χ1v) is 14.6. The molecule has 0 saturated carbocycles. The first-order valence-electron chi connectivity index (χ1n) is 14.6. The van der Waals surface area contributed by atoms with Crippen molar-refractivity contribution < 1.29 is 47.5 Å². The van der Waals surface area contributed by atoms with E-state index >= 15 is 0 Å². The average Bonchev–Trinajstić information content (AvgIpc) is 3.03. The molecule has 0 atom stereocenters. The second kappa shape index (κ2) is 19.3. The van der Waals surface area contributed by atoms with Gasteiger partial charge >= 0.3 is 11.9 Å². The van der Waals surface area contributed by atoms with Crippen LogP contribution in [0.2, 0.25) is 0 Å². The summed E-state index contributed by atoms with van der Waals surface area (Å²) >= 11 is 0. The molecular formula is C34H42O10. The van der Waals surface area contributed by atoms with Crippen molar-refractivity contribution in [2.75, 3.05) is 79.3 Å². The second-order valence-electron chi connectivity index (χ2n) is 9.73. The van der Waals surface area contributed by atoms with Gasteiger partial charge in [0.15, 0.2) is 11.5 Å². The topological polar surface area (TPSA) is 108 Å². The van der Waals surface area contributed by atoms with Crippen molar-refractivity contribution in [1.29, 1.82) is 0 Å². The molecule has 0 aromatic heterocycles. The summed E-state index contributed by atoms with van der Waals surface area (Å²) in [6, 6.07) is 16.1. The van der Waals surface area contributed by atoms with Gasteiger partial charge in [0.2, 0.25) is 0 Å². The Morgan fingerprint density at radius 2 is 0.773 bits per heavy atom. The summed E-state index contributed by atoms with van der Waals surface area (Å²) < 4.78 is 44.7. The van der Waals surface area contributed by atoms with Gasteiger partial charge in [-0.25, -0.2) is 9.59 Å². The molecule has 0 heterocycles. The molecule has 0 radical (unpaired) electrons. The molecule has 0 saturated heterocycles. The summed E-state index contributed by atoms with van der Waals surface area (Å²) in [5.74, 6) is 0.430. The van der Waals surface area contributed by atoms with Crippen molar-refractivity contribution in [1.82, 2.24) is 0 Å². The summed E-state index contributed by atoms with van der Waals surface area (Å²) in [5, 5.41) is 4.01. The van der Waals surface area contributed by atoms with E-state index in [-0.39, 0.29) is 26.4 Å². The minimum absolute atomic E-state index is 0.167. The monoisotopic (exact) mass is 610 g/mol. The normalized spacial score (nSPS) is 11.0. The zero-order valence-electron chi connectivity index (χ0n) is 25.6. The molecule has 44 heavy (non-hydrogen) atoms. The first kappa shape index (κ1) is 34.5. The number of benzene rings is 3. The Labute approximate surface area is 258 Å². The highest BCUT2D eigenvalue weighted by Gasteiger charge is 2.17. The van der Waals surface area contributed by atoms with E-state index in [0.29, 0.717) is 75.5 Å². The number of ether oxygens (including phenoxy) is 8. The molecule has 0 unspecified atom stereocenters. The smallest absolute Gasteiger partial charge is 0.333 e. The summed E-state index contributed by atoms with van der Waals surface area (Å²) in [6.07, 6.45) is 0. The molecule has 10 heteroatoms. The van der Waals surface area contributed by atoms with E-state index in [1.165, 1.54) is 0 Å². The standard InChI is InChI=1S/C34H42O10/c1-25(2)33(35)43-23-19-39-15-13-37-17-21-41-31-29-11-7-5-9-27(29)28-10-6-8-12-30(28)32(31)42-22-18-38-14-16-40-20-24-44-34(36)26(3)4/h5-12H,1,3,13-24H2,2,4H3. The minimum Gasteiger partial charge on any atom is -0.487 e. The van der Waals surface area contributed by atoms with E-state index in [2.05, 4.69) is 25.3 Å². The first-order chi connectivity index (χ1) is 21.4. The summed E-state index contributed by atoms with van der Waals surface area (Å²) in [5.41, 5.74) is 0.710. The maximum Gasteiger partial charge on any atom is 0.333 e. The van der Waals surface area contributed by atoms with E-state index in [9.17, 15) is 9.59 Å². The van der Waals surface area contributed by atoms with E-state index in [4.69, 9.17) is 37.9 Å². The fourth-order valence-corrected chi connectivity index (χ4v) is 4.05. The van der Waals surface area contributed by atoms with Crippen LogP contribution in [-0.2, 0) is 38.0 Å². The number of rotatable bonds is 22. The van der Waals surface area contributed by atoms with Gasteiger partial charge in [-0.1, -0.05) is 61.7 Å². The van der Waals surface area contributed by atoms with Gasteiger partial charge in [-0.3, -0.25) is 0 Å². The number of hydrogen-bond acceptors (Lipinski definition) is 10. The summed E-state index contributed by atoms with van der Waals surface area (Å²) in [7, 11) is 0. The molecule has 3 aromatic rings. The Morgan fingerprint density at radius 1 is 0.477 bits per heavy atom. The van der Waals surface area contributed by atoms with Crippen LogP contribution >= 0.6 is 0 Å². The minimum atomic E-state index is -0.429. The summed E-state index contributed by atoms with van der Waals surface area (Å²) in [6.45, 7) is 14.0. The quantitative estimate of drug-likeness (QED) is 0.0663. The zero-order chi connectivity index (χ0) is 31.6. The Bertz CT molecular complexity index is 1280. The van der Waals surface area contributed by atoms with Gasteiger partial charge in [-0.15, -0.1) is 0 Å². The third-order valence-electron chi connectivity index (χ3n) is 6.15. The second-order valence-corrected chi connectivity index (χ2v) is 9.73. The predicted octanol–water partition coefficient (Wildman–Crippen LogP) is 5.06. The largest absolute Gasteiger partial charge is 0.487 e. The van der Waals surface area contributed by atoms with Crippen LogP contribution in [0, 0.1) is 0 Å². The van der Waals surface area contributed by atoms with Crippen molar-refractivity contribution >= 4 is 33.5 Å². The van der Waals surface area contributed by atoms with Crippen LogP contribution in [0.4, 0.5) is 0 Å². The number of hydrogen-bond donors (Lipinski definition) is 0. The van der Waals surface area contributed by atoms with Gasteiger partial charge in [-0.05, 0) is 24.6 Å². The van der Waals surface area contributed by atoms with Crippen LogP contribution < -0.4 is 9.47 Å². The highest BCUT2D eigenvalue weighted by molar-refractivity contribution is 6.13. The number of carbonyl (C=O) groups excluding carboxylic acids is 2. The van der Waals surface area contributed by atoms with Crippen LogP contribution in [0.25, 0.3) is 21.5 Å². The van der Waals surface area contributed by atoms with Crippen LogP contribution in [0.5, 0.6) is 11.5 Å². The Morgan fingerprint density at radius 3 is 1.11 bits per heavy atom. The van der Waals surface area contributed by atoms with Crippen LogP contribution in [-0.4, -0.2) is 91.2 Å². The van der Waals surface area contributed by atoms with Gasteiger partial charge in [0, 0.05) is 21.9 Å². The average molecular weight is 611 g/mol. The molecule has 0 aliphatic rings. The van der Waals surface area contributed by atoms with E-state index < -0.39 is 11.9 Å². The molecule has 10 nitrogen and oxygen atoms in total. The van der Waals surface area contributed by atoms with Gasteiger partial charge < -0.3 is 37.9 Å². The van der Waals surface area contributed by atoms with E-state index in [1.807, 2.05) is 36.4 Å². The highest BCUT2D eigenvalue weighted by atomic mass is 16.6. The molecular weight excluding hydrogens is 568 g/mol. The maximum atomic E-state index is 11.4. The molecule has 3 aromatic carbocycles. The lowest BCUT2D eigenvalue weighted by Crippen LogP contribution is -2.15. The van der Waals surface area contributed by atoms with Crippen molar-refractivity contribution in [3.63, 3.8) is 0 Å². The van der Waals surface area contributed by atoms with E-state index in [1.54, 1.807) is 13.8 Å². The molecule has 0 bridgehead atoms. The Kier molecular flexibility index (Phi) is 15.2. The van der Waals surface area contributed by atoms with Gasteiger partial charge in [0.1, 0.15) is 26.4 Å². The van der Waals surface area contributed by atoms with Gasteiger partial charge in [0.05, 0.1) is 52.9 Å². The fourth-order valence-electron chi connectivity index (χ4n) is 4.05. The molecule has 3 rings (SSSR count). The van der Waals surface area contributed by atoms with Crippen molar-refractivity contribution in [3.8, 4) is 11.5 Å². The molecule has 0 aliphatic heterocycles. The molecule has 0 N–H and O–H groups in total. The lowest BCUT2D eigenvalue weighted by atomic mass is 10.00. The SMILES string of the molecule is C=C(C)C(=O)OCCOCCOCCOc1c(OCCOCCOCCOC(=O)C(=C)C)c2ccccc2c2ccccc12. The van der Waals surface area contributed by atoms with Crippen molar-refractivity contribution in [2.45, 2.75) is 13.8 Å². The number of carbonyl (C=O) groups is 2. The molecule has 0 aliphatic carbocycles. The molecule has 238 valence electrons. The van der Waals surface area contributed by atoms with Crippen LogP contribution in [0.15, 0.2) is 72.8 Å². The van der Waals surface area contributed by atoms with Gasteiger partial charge in [-0.2, -0.15) is 0 Å². The van der Waals surface area contributed by atoms with Crippen LogP contribution in [0.3, 0.4) is 0 Å². The Hall–Kier alpha value is -3.96. The Balaban J connectivity index is 1.47. The predicted molar refractivity (Wildman–Crippen MR) is 167 cm³/mol. The maximum absolute atomic E-state index is 11.4. The molecule has 0 fully saturated rings. The zero-order valence-corrected chi connectivity index (χ0v) is 25.6. The number of fused-ring (bicyclic) bond motifs is 3. The number of esters is 2.